The minimum atomic E-state index is -0.350. The molecule has 0 saturated carbocycles. The molecule has 26 heavy (non-hydrogen) atoms. The summed E-state index contributed by atoms with van der Waals surface area (Å²) in [6, 6.07) is 5.69. The monoisotopic (exact) mass is 418 g/mol. The third-order valence-electron chi connectivity index (χ3n) is 4.12. The van der Waals surface area contributed by atoms with Gasteiger partial charge in [-0.25, -0.2) is 9.78 Å². The predicted octanol–water partition coefficient (Wildman–Crippen LogP) is 2.87. The van der Waals surface area contributed by atoms with Crippen LogP contribution in [0.2, 0.25) is 0 Å². The molecule has 2 aromatic heterocycles. The van der Waals surface area contributed by atoms with E-state index in [1.165, 1.54) is 9.13 Å². The number of imidazole rings is 1. The second-order valence-corrected chi connectivity index (χ2v) is 6.48. The van der Waals surface area contributed by atoms with Crippen molar-refractivity contribution in [2.75, 3.05) is 7.11 Å². The van der Waals surface area contributed by atoms with Crippen molar-refractivity contribution in [3.8, 4) is 5.75 Å². The summed E-state index contributed by atoms with van der Waals surface area (Å²) in [6.45, 7) is 4.38. The Hall–Kier alpha value is -2.61. The molecule has 0 atom stereocenters. The lowest BCUT2D eigenvalue weighted by molar-refractivity contribution is 0.412. The number of hydrogen-bond donors (Lipinski definition) is 1. The van der Waals surface area contributed by atoms with Crippen LogP contribution >= 0.6 is 15.9 Å². The van der Waals surface area contributed by atoms with Crippen molar-refractivity contribution in [2.24, 2.45) is 0 Å². The second kappa shape index (κ2) is 7.33. The van der Waals surface area contributed by atoms with Crippen LogP contribution in [-0.4, -0.2) is 26.2 Å². The largest absolute Gasteiger partial charge is 0.496 e. The standard InChI is InChI=1S/C18H19BrN4O3/c1-4-22-16-15(17(24)23(5-2)18(22)25)20-14(21-16)9-7-11-6-8-13(26-3)12(19)10-11/h6-10H,4-5H2,1-3H3,(H,20,21)/b9-7+. The summed E-state index contributed by atoms with van der Waals surface area (Å²) in [6.07, 6.45) is 3.64. The molecule has 0 amide bonds. The molecular weight excluding hydrogens is 400 g/mol. The lowest BCUT2D eigenvalue weighted by Gasteiger charge is -2.06. The molecule has 0 aliphatic rings. The molecule has 1 N–H and O–H groups in total. The second-order valence-electron chi connectivity index (χ2n) is 5.62. The summed E-state index contributed by atoms with van der Waals surface area (Å²) in [4.78, 5) is 32.3. The summed E-state index contributed by atoms with van der Waals surface area (Å²) >= 11 is 3.45. The van der Waals surface area contributed by atoms with Crippen LogP contribution in [-0.2, 0) is 13.1 Å². The highest BCUT2D eigenvalue weighted by Crippen LogP contribution is 2.26. The zero-order chi connectivity index (χ0) is 18.8. The van der Waals surface area contributed by atoms with Crippen molar-refractivity contribution < 1.29 is 4.74 Å². The van der Waals surface area contributed by atoms with Crippen LogP contribution in [0.4, 0.5) is 0 Å². The summed E-state index contributed by atoms with van der Waals surface area (Å²) in [7, 11) is 1.61. The summed E-state index contributed by atoms with van der Waals surface area (Å²) in [5.41, 5.74) is 0.966. The van der Waals surface area contributed by atoms with Crippen molar-refractivity contribution >= 4 is 39.2 Å². The molecule has 2 heterocycles. The number of aromatic nitrogens is 4. The highest BCUT2D eigenvalue weighted by Gasteiger charge is 2.14. The van der Waals surface area contributed by atoms with Crippen LogP contribution in [0.25, 0.3) is 23.3 Å². The smallest absolute Gasteiger partial charge is 0.332 e. The molecule has 0 bridgehead atoms. The maximum absolute atomic E-state index is 12.5. The Bertz CT molecular complexity index is 1110. The topological polar surface area (TPSA) is 81.9 Å². The number of hydrogen-bond acceptors (Lipinski definition) is 4. The molecule has 7 nitrogen and oxygen atoms in total. The minimum Gasteiger partial charge on any atom is -0.496 e. The zero-order valence-corrected chi connectivity index (χ0v) is 16.3. The number of nitrogens with one attached hydrogen (secondary N) is 1. The Morgan fingerprint density at radius 3 is 2.54 bits per heavy atom. The number of aromatic amines is 1. The summed E-state index contributed by atoms with van der Waals surface area (Å²) < 4.78 is 8.76. The van der Waals surface area contributed by atoms with Gasteiger partial charge >= 0.3 is 5.69 Å². The Balaban J connectivity index is 2.07. The number of nitrogens with zero attached hydrogens (tertiary/aromatic N) is 3. The average molecular weight is 419 g/mol. The van der Waals surface area contributed by atoms with E-state index in [-0.39, 0.29) is 11.2 Å². The van der Waals surface area contributed by atoms with Crippen LogP contribution in [0.1, 0.15) is 25.2 Å². The highest BCUT2D eigenvalue weighted by atomic mass is 79.9. The van der Waals surface area contributed by atoms with E-state index in [0.717, 1.165) is 15.8 Å². The Morgan fingerprint density at radius 2 is 1.92 bits per heavy atom. The molecule has 0 aliphatic heterocycles. The molecule has 136 valence electrons. The van der Waals surface area contributed by atoms with Gasteiger partial charge in [0, 0.05) is 13.1 Å². The summed E-state index contributed by atoms with van der Waals surface area (Å²) in [5.74, 6) is 1.26. The van der Waals surface area contributed by atoms with Crippen LogP contribution in [0.3, 0.4) is 0 Å². The van der Waals surface area contributed by atoms with Gasteiger partial charge < -0.3 is 9.72 Å². The number of fused-ring (bicyclic) bond motifs is 1. The first-order valence-electron chi connectivity index (χ1n) is 8.25. The first-order chi connectivity index (χ1) is 12.5. The van der Waals surface area contributed by atoms with E-state index in [9.17, 15) is 9.59 Å². The van der Waals surface area contributed by atoms with E-state index < -0.39 is 0 Å². The normalized spacial score (nSPS) is 11.5. The molecule has 1 aromatic carbocycles. The average Bonchev–Trinajstić information content (AvgIpc) is 3.05. The Labute approximate surface area is 158 Å². The number of methoxy groups -OCH3 is 1. The van der Waals surface area contributed by atoms with E-state index in [1.807, 2.05) is 31.2 Å². The zero-order valence-electron chi connectivity index (χ0n) is 14.7. The van der Waals surface area contributed by atoms with Crippen LogP contribution in [0.5, 0.6) is 5.75 Å². The molecule has 0 spiro atoms. The van der Waals surface area contributed by atoms with E-state index >= 15 is 0 Å². The molecular formula is C18H19BrN4O3. The van der Waals surface area contributed by atoms with Crippen LogP contribution in [0, 0.1) is 0 Å². The van der Waals surface area contributed by atoms with E-state index in [4.69, 9.17) is 4.74 Å². The lowest BCUT2D eigenvalue weighted by atomic mass is 10.2. The van der Waals surface area contributed by atoms with Gasteiger partial charge in [0.15, 0.2) is 5.65 Å². The van der Waals surface area contributed by atoms with Crippen molar-refractivity contribution in [3.63, 3.8) is 0 Å². The Kier molecular flexibility index (Phi) is 5.13. The van der Waals surface area contributed by atoms with E-state index in [0.29, 0.717) is 30.1 Å². The van der Waals surface area contributed by atoms with Gasteiger partial charge in [0.1, 0.15) is 17.1 Å². The number of rotatable bonds is 5. The molecule has 0 radical (unpaired) electrons. The fourth-order valence-electron chi connectivity index (χ4n) is 2.79. The predicted molar refractivity (Wildman–Crippen MR) is 106 cm³/mol. The minimum absolute atomic E-state index is 0.317. The van der Waals surface area contributed by atoms with Gasteiger partial charge in [-0.1, -0.05) is 12.1 Å². The SMILES string of the molecule is CCn1c(=O)c2[nH]c(/C=C/c3ccc(OC)c(Br)c3)nc2n(CC)c1=O. The third kappa shape index (κ3) is 3.12. The molecule has 0 aliphatic carbocycles. The van der Waals surface area contributed by atoms with Gasteiger partial charge in [0.25, 0.3) is 5.56 Å². The van der Waals surface area contributed by atoms with Crippen molar-refractivity contribution in [2.45, 2.75) is 26.9 Å². The summed E-state index contributed by atoms with van der Waals surface area (Å²) in [5, 5.41) is 0. The number of halogens is 1. The van der Waals surface area contributed by atoms with E-state index in [1.54, 1.807) is 20.1 Å². The Morgan fingerprint density at radius 1 is 1.19 bits per heavy atom. The fourth-order valence-corrected chi connectivity index (χ4v) is 3.35. The fraction of sp³-hybridized carbons (Fsp3) is 0.278. The first-order valence-corrected chi connectivity index (χ1v) is 9.04. The van der Waals surface area contributed by atoms with Crippen molar-refractivity contribution in [3.05, 3.63) is 54.9 Å². The number of benzene rings is 1. The maximum atomic E-state index is 12.5. The van der Waals surface area contributed by atoms with Crippen molar-refractivity contribution in [1.82, 2.24) is 19.1 Å². The first kappa shape index (κ1) is 18.2. The van der Waals surface area contributed by atoms with Gasteiger partial charge in [-0.05, 0) is 53.5 Å². The van der Waals surface area contributed by atoms with Gasteiger partial charge in [-0.3, -0.25) is 13.9 Å². The van der Waals surface area contributed by atoms with Gasteiger partial charge in [0.05, 0.1) is 11.6 Å². The van der Waals surface area contributed by atoms with Crippen LogP contribution in [0.15, 0.2) is 32.3 Å². The van der Waals surface area contributed by atoms with Crippen molar-refractivity contribution in [1.29, 1.82) is 0 Å². The van der Waals surface area contributed by atoms with Gasteiger partial charge in [-0.2, -0.15) is 0 Å². The molecule has 3 aromatic rings. The van der Waals surface area contributed by atoms with Gasteiger partial charge in [0.2, 0.25) is 0 Å². The molecule has 8 heteroatoms. The molecule has 0 unspecified atom stereocenters. The number of ether oxygens (including phenoxy) is 1. The van der Waals surface area contributed by atoms with Gasteiger partial charge in [-0.15, -0.1) is 0 Å². The maximum Gasteiger partial charge on any atom is 0.332 e. The van der Waals surface area contributed by atoms with Crippen LogP contribution < -0.4 is 16.0 Å². The van der Waals surface area contributed by atoms with E-state index in [2.05, 4.69) is 25.9 Å². The molecule has 0 fully saturated rings. The molecule has 0 saturated heterocycles. The number of H-pyrrole nitrogens is 1. The lowest BCUT2D eigenvalue weighted by Crippen LogP contribution is -2.39. The molecule has 3 rings (SSSR count). The highest BCUT2D eigenvalue weighted by molar-refractivity contribution is 9.10. The quantitative estimate of drug-likeness (QED) is 0.690. The number of aryl methyl sites for hydroxylation is 1. The third-order valence-corrected chi connectivity index (χ3v) is 4.74.